The number of nitrogens with zero attached hydrogens (tertiary/aromatic N) is 1. The molecule has 0 bridgehead atoms. The first-order valence-electron chi connectivity index (χ1n) is 8.44. The quantitative estimate of drug-likeness (QED) is 0.361. The summed E-state index contributed by atoms with van der Waals surface area (Å²) in [6.07, 6.45) is 7.78. The molecule has 0 amide bonds. The molecule has 0 heterocycles. The van der Waals surface area contributed by atoms with Gasteiger partial charge < -0.3 is 4.74 Å². The van der Waals surface area contributed by atoms with Crippen LogP contribution >= 0.6 is 0 Å². The van der Waals surface area contributed by atoms with Gasteiger partial charge in [-0.1, -0.05) is 44.5 Å². The van der Waals surface area contributed by atoms with E-state index in [9.17, 15) is 4.79 Å². The Kier molecular flexibility index (Phi) is 9.20. The Balaban J connectivity index is 2.24. The molecule has 122 valence electrons. The minimum atomic E-state index is -0.126. The van der Waals surface area contributed by atoms with Crippen LogP contribution in [0.3, 0.4) is 0 Å². The van der Waals surface area contributed by atoms with Crippen LogP contribution in [-0.2, 0) is 16.0 Å². The molecule has 22 heavy (non-hydrogen) atoms. The third kappa shape index (κ3) is 7.96. The van der Waals surface area contributed by atoms with Gasteiger partial charge in [-0.3, -0.25) is 9.79 Å². The largest absolute Gasteiger partial charge is 0.463 e. The van der Waals surface area contributed by atoms with Gasteiger partial charge in [-0.25, -0.2) is 0 Å². The summed E-state index contributed by atoms with van der Waals surface area (Å²) >= 11 is 0. The lowest BCUT2D eigenvalue weighted by Gasteiger charge is -2.11. The zero-order valence-corrected chi connectivity index (χ0v) is 14.2. The summed E-state index contributed by atoms with van der Waals surface area (Å²) in [5, 5.41) is 0. The zero-order chi connectivity index (χ0) is 16.2. The summed E-state index contributed by atoms with van der Waals surface area (Å²) in [4.78, 5) is 15.6. The van der Waals surface area contributed by atoms with Crippen molar-refractivity contribution in [2.75, 3.05) is 6.54 Å². The van der Waals surface area contributed by atoms with Crippen molar-refractivity contribution in [1.82, 2.24) is 0 Å². The maximum atomic E-state index is 11.1. The average molecular weight is 303 g/mol. The van der Waals surface area contributed by atoms with Crippen LogP contribution in [0.15, 0.2) is 29.3 Å². The van der Waals surface area contributed by atoms with Gasteiger partial charge >= 0.3 is 5.97 Å². The van der Waals surface area contributed by atoms with Crippen molar-refractivity contribution >= 4 is 12.2 Å². The Morgan fingerprint density at radius 2 is 1.95 bits per heavy atom. The summed E-state index contributed by atoms with van der Waals surface area (Å²) in [6, 6.07) is 8.62. The van der Waals surface area contributed by atoms with E-state index in [1.165, 1.54) is 18.4 Å². The third-order valence-electron chi connectivity index (χ3n) is 3.56. The molecule has 0 aliphatic carbocycles. The van der Waals surface area contributed by atoms with Gasteiger partial charge in [0.2, 0.25) is 0 Å². The Hall–Kier alpha value is -1.64. The number of aryl methyl sites for hydroxylation is 1. The van der Waals surface area contributed by atoms with Crippen LogP contribution in [0.25, 0.3) is 0 Å². The van der Waals surface area contributed by atoms with Crippen LogP contribution in [0.2, 0.25) is 0 Å². The highest BCUT2D eigenvalue weighted by molar-refractivity contribution is 5.79. The lowest BCUT2D eigenvalue weighted by Crippen LogP contribution is -2.14. The Morgan fingerprint density at radius 1 is 1.23 bits per heavy atom. The maximum absolute atomic E-state index is 11.1. The van der Waals surface area contributed by atoms with Crippen molar-refractivity contribution in [3.63, 3.8) is 0 Å². The van der Waals surface area contributed by atoms with E-state index in [1.807, 2.05) is 20.1 Å². The highest BCUT2D eigenvalue weighted by atomic mass is 16.5. The molecule has 0 spiro atoms. The van der Waals surface area contributed by atoms with Gasteiger partial charge in [-0.2, -0.15) is 0 Å². The first-order chi connectivity index (χ1) is 10.7. The number of unbranched alkanes of at least 4 members (excludes halogenated alkanes) is 1. The molecular formula is C19H29NO2. The summed E-state index contributed by atoms with van der Waals surface area (Å²) in [6.45, 7) is 6.73. The fraction of sp³-hybridized carbons (Fsp3) is 0.579. The molecule has 1 atom stereocenters. The number of rotatable bonds is 10. The third-order valence-corrected chi connectivity index (χ3v) is 3.56. The number of carbonyl (C=O) groups is 1. The number of aliphatic imine (C=N–C) groups is 1. The van der Waals surface area contributed by atoms with E-state index >= 15 is 0 Å². The molecule has 0 fully saturated rings. The normalized spacial score (nSPS) is 12.5. The molecule has 0 N–H and O–H groups in total. The molecule has 1 rings (SSSR count). The van der Waals surface area contributed by atoms with E-state index in [0.29, 0.717) is 6.42 Å². The minimum absolute atomic E-state index is 0.0134. The zero-order valence-electron chi connectivity index (χ0n) is 14.2. The molecule has 0 aliphatic heterocycles. The van der Waals surface area contributed by atoms with Crippen LogP contribution in [0.5, 0.6) is 0 Å². The molecule has 0 radical (unpaired) electrons. The molecule has 3 heteroatoms. The van der Waals surface area contributed by atoms with Crippen molar-refractivity contribution in [3.05, 3.63) is 35.4 Å². The van der Waals surface area contributed by atoms with Crippen molar-refractivity contribution < 1.29 is 9.53 Å². The Labute approximate surface area is 134 Å². The molecule has 3 nitrogen and oxygen atoms in total. The van der Waals surface area contributed by atoms with Gasteiger partial charge in [-0.15, -0.1) is 0 Å². The second-order valence-corrected chi connectivity index (χ2v) is 5.68. The smallest absolute Gasteiger partial charge is 0.305 e. The summed E-state index contributed by atoms with van der Waals surface area (Å²) in [5.74, 6) is -0.126. The van der Waals surface area contributed by atoms with Crippen LogP contribution in [0.1, 0.15) is 64.0 Å². The second kappa shape index (κ2) is 11.0. The summed E-state index contributed by atoms with van der Waals surface area (Å²) in [5.41, 5.74) is 2.54. The lowest BCUT2D eigenvalue weighted by atomic mass is 10.1. The highest BCUT2D eigenvalue weighted by Crippen LogP contribution is 2.07. The van der Waals surface area contributed by atoms with Gasteiger partial charge in [0.15, 0.2) is 0 Å². The topological polar surface area (TPSA) is 38.7 Å². The van der Waals surface area contributed by atoms with Crippen molar-refractivity contribution in [3.8, 4) is 0 Å². The van der Waals surface area contributed by atoms with E-state index < -0.39 is 0 Å². The first kappa shape index (κ1) is 18.4. The van der Waals surface area contributed by atoms with E-state index in [1.54, 1.807) is 0 Å². The SMILES string of the molecule is CCCCc1ccc(C=NCCCC(C)OC(=O)CC)cc1. The fourth-order valence-corrected chi connectivity index (χ4v) is 2.16. The molecular weight excluding hydrogens is 274 g/mol. The summed E-state index contributed by atoms with van der Waals surface area (Å²) < 4.78 is 5.22. The molecule has 1 unspecified atom stereocenters. The van der Waals surface area contributed by atoms with Crippen LogP contribution < -0.4 is 0 Å². The van der Waals surface area contributed by atoms with E-state index in [-0.39, 0.29) is 12.1 Å². The molecule has 0 aromatic heterocycles. The van der Waals surface area contributed by atoms with Gasteiger partial charge in [0.05, 0.1) is 6.10 Å². The van der Waals surface area contributed by atoms with Gasteiger partial charge in [0, 0.05) is 19.2 Å². The average Bonchev–Trinajstić information content (AvgIpc) is 2.53. The van der Waals surface area contributed by atoms with E-state index in [4.69, 9.17) is 4.74 Å². The first-order valence-corrected chi connectivity index (χ1v) is 8.44. The molecule has 1 aromatic rings. The second-order valence-electron chi connectivity index (χ2n) is 5.68. The van der Waals surface area contributed by atoms with E-state index in [2.05, 4.69) is 36.2 Å². The number of ether oxygens (including phenoxy) is 1. The van der Waals surface area contributed by atoms with Crippen LogP contribution in [0.4, 0.5) is 0 Å². The minimum Gasteiger partial charge on any atom is -0.463 e. The monoisotopic (exact) mass is 303 g/mol. The van der Waals surface area contributed by atoms with E-state index in [0.717, 1.165) is 31.4 Å². The van der Waals surface area contributed by atoms with Crippen molar-refractivity contribution in [1.29, 1.82) is 0 Å². The maximum Gasteiger partial charge on any atom is 0.305 e. The predicted molar refractivity (Wildman–Crippen MR) is 92.6 cm³/mol. The van der Waals surface area contributed by atoms with Gasteiger partial charge in [0.25, 0.3) is 0 Å². The standard InChI is InChI=1S/C19H29NO2/c1-4-6-9-17-10-12-18(13-11-17)15-20-14-7-8-16(3)22-19(21)5-2/h10-13,15-16H,4-9,14H2,1-3H3. The van der Waals surface area contributed by atoms with Gasteiger partial charge in [0.1, 0.15) is 0 Å². The predicted octanol–water partition coefficient (Wildman–Crippen LogP) is 4.57. The highest BCUT2D eigenvalue weighted by Gasteiger charge is 2.06. The van der Waals surface area contributed by atoms with Crippen molar-refractivity contribution in [2.24, 2.45) is 4.99 Å². The number of hydrogen-bond donors (Lipinski definition) is 0. The summed E-state index contributed by atoms with van der Waals surface area (Å²) in [7, 11) is 0. The van der Waals surface area contributed by atoms with Crippen LogP contribution in [-0.4, -0.2) is 24.8 Å². The number of esters is 1. The molecule has 0 saturated heterocycles. The molecule has 0 aliphatic rings. The number of hydrogen-bond acceptors (Lipinski definition) is 3. The van der Waals surface area contributed by atoms with Gasteiger partial charge in [-0.05, 0) is 43.7 Å². The number of benzene rings is 1. The fourth-order valence-electron chi connectivity index (χ4n) is 2.16. The lowest BCUT2D eigenvalue weighted by molar-refractivity contribution is -0.148. The molecule has 0 saturated carbocycles. The Morgan fingerprint density at radius 3 is 2.59 bits per heavy atom. The van der Waals surface area contributed by atoms with Crippen molar-refractivity contribution in [2.45, 2.75) is 65.4 Å². The Bertz CT molecular complexity index is 451. The molecule has 1 aromatic carbocycles. The van der Waals surface area contributed by atoms with Crippen LogP contribution in [0, 0.1) is 0 Å². The number of carbonyl (C=O) groups excluding carboxylic acids is 1.